The number of aliphatic carboxylic acids is 2. The molecule has 15 heteroatoms. The summed E-state index contributed by atoms with van der Waals surface area (Å²) in [5.41, 5.74) is 2.85. The summed E-state index contributed by atoms with van der Waals surface area (Å²) in [6, 6.07) is 17.1. The molecule has 2 aliphatic heterocycles. The quantitative estimate of drug-likeness (QED) is 0.126. The molecule has 266 valence electrons. The first kappa shape index (κ1) is 40.6. The summed E-state index contributed by atoms with van der Waals surface area (Å²) in [5.74, 6) is -2.22. The van der Waals surface area contributed by atoms with Crippen molar-refractivity contribution in [2.75, 3.05) is 18.0 Å². The molecule has 0 atom stereocenters. The Hall–Kier alpha value is -4.15. The fraction of sp³-hybridized carbons (Fsp3) is 0.216. The zero-order valence-electron chi connectivity index (χ0n) is 29.1. The minimum Gasteiger partial charge on any atom is -0.744 e. The first-order chi connectivity index (χ1) is 23.7. The fourth-order valence-electron chi connectivity index (χ4n) is 6.60. The molecule has 0 saturated carbocycles. The van der Waals surface area contributed by atoms with Crippen LogP contribution in [0.4, 0.5) is 11.4 Å². The average molecular weight is 755 g/mol. The predicted octanol–water partition coefficient (Wildman–Crippen LogP) is 1.92. The zero-order valence-corrected chi connectivity index (χ0v) is 32.7. The second-order valence-corrected chi connectivity index (χ2v) is 15.9. The molecule has 0 radical (unpaired) electrons. The molecule has 0 unspecified atom stereocenters. The van der Waals surface area contributed by atoms with Crippen molar-refractivity contribution in [3.05, 3.63) is 126 Å². The van der Waals surface area contributed by atoms with Crippen LogP contribution in [0.3, 0.4) is 0 Å². The van der Waals surface area contributed by atoms with Gasteiger partial charge in [-0.3, -0.25) is 4.79 Å². The van der Waals surface area contributed by atoms with Gasteiger partial charge in [0.1, 0.15) is 26.8 Å². The van der Waals surface area contributed by atoms with E-state index in [0.717, 1.165) is 23.3 Å². The Bertz CT molecular complexity index is 2320. The molecule has 0 bridgehead atoms. The monoisotopic (exact) mass is 754 g/mol. The van der Waals surface area contributed by atoms with Crippen LogP contribution < -0.4 is 34.5 Å². The molecule has 2 aliphatic rings. The Morgan fingerprint density at radius 1 is 0.808 bits per heavy atom. The maximum absolute atomic E-state index is 11.9. The number of allylic oxidation sites excluding steroid dienone is 8. The average Bonchev–Trinajstić information content (AvgIpc) is 3.37. The summed E-state index contributed by atoms with van der Waals surface area (Å²) in [6.07, 6.45) is 10.5. The van der Waals surface area contributed by atoms with E-state index in [1.165, 1.54) is 24.3 Å². The first-order valence-electron chi connectivity index (χ1n) is 15.6. The Morgan fingerprint density at radius 3 is 1.98 bits per heavy atom. The molecule has 2 N–H and O–H groups in total. The fourth-order valence-corrected chi connectivity index (χ4v) is 7.59. The molecule has 12 nitrogen and oxygen atoms in total. The zero-order chi connectivity index (χ0) is 37.5. The Balaban J connectivity index is 0.00000605. The van der Waals surface area contributed by atoms with E-state index < -0.39 is 65.9 Å². The molecule has 0 aromatic heterocycles. The number of hydrogen-bond acceptors (Lipinski definition) is 9. The van der Waals surface area contributed by atoms with Crippen molar-refractivity contribution < 1.29 is 79.9 Å². The molecule has 0 amide bonds. The van der Waals surface area contributed by atoms with E-state index in [4.69, 9.17) is 0 Å². The Kier molecular flexibility index (Phi) is 11.8. The summed E-state index contributed by atoms with van der Waals surface area (Å²) >= 11 is 0. The van der Waals surface area contributed by atoms with Crippen LogP contribution in [0.5, 0.6) is 0 Å². The molecule has 52 heavy (non-hydrogen) atoms. The SMILES string of the molecule is CC1(C)C(/C=C/C=C(/C=C/C=C2/N(CC(=O)O)c3ccc(S(=O)(=O)[O-])cc3C2(C)C)c2ccccc2)=[N+](CC(=O)O)c2ccc(S(=O)(=O)[O-])cc21.[Na+]. The minimum absolute atomic E-state index is 0. The maximum atomic E-state index is 11.9. The van der Waals surface area contributed by atoms with Crippen molar-refractivity contribution in [3.63, 3.8) is 0 Å². The third kappa shape index (κ3) is 8.23. The van der Waals surface area contributed by atoms with Crippen molar-refractivity contribution in [1.82, 2.24) is 0 Å². The number of carbonyl (C=O) groups is 2. The second kappa shape index (κ2) is 15.1. The van der Waals surface area contributed by atoms with Gasteiger partial charge in [0.2, 0.25) is 12.2 Å². The number of anilines is 1. The second-order valence-electron chi connectivity index (χ2n) is 13.1. The van der Waals surface area contributed by atoms with E-state index in [2.05, 4.69) is 0 Å². The van der Waals surface area contributed by atoms with Crippen molar-refractivity contribution in [2.45, 2.75) is 48.3 Å². The molecule has 3 aromatic carbocycles. The van der Waals surface area contributed by atoms with Gasteiger partial charge in [0.25, 0.3) is 0 Å². The number of fused-ring (bicyclic) bond motifs is 2. The van der Waals surface area contributed by atoms with E-state index in [1.54, 1.807) is 45.9 Å². The molecule has 0 aliphatic carbocycles. The number of carboxylic acids is 2. The van der Waals surface area contributed by atoms with Gasteiger partial charge in [0.05, 0.1) is 15.2 Å². The van der Waals surface area contributed by atoms with Gasteiger partial charge < -0.3 is 24.2 Å². The van der Waals surface area contributed by atoms with Gasteiger partial charge in [0, 0.05) is 34.5 Å². The van der Waals surface area contributed by atoms with Crippen LogP contribution in [-0.2, 0) is 40.7 Å². The maximum Gasteiger partial charge on any atom is 1.00 e. The van der Waals surface area contributed by atoms with Crippen molar-refractivity contribution in [1.29, 1.82) is 0 Å². The number of benzene rings is 3. The number of nitrogens with zero attached hydrogens (tertiary/aromatic N) is 2. The van der Waals surface area contributed by atoms with E-state index in [0.29, 0.717) is 33.9 Å². The number of hydrogen-bond donors (Lipinski definition) is 2. The van der Waals surface area contributed by atoms with Gasteiger partial charge in [-0.15, -0.1) is 0 Å². The molecule has 2 heterocycles. The minimum atomic E-state index is -4.75. The van der Waals surface area contributed by atoms with Gasteiger partial charge in [-0.25, -0.2) is 21.6 Å². The van der Waals surface area contributed by atoms with Crippen molar-refractivity contribution in [3.8, 4) is 0 Å². The molecule has 0 saturated heterocycles. The van der Waals surface area contributed by atoms with Crippen molar-refractivity contribution in [2.24, 2.45) is 0 Å². The van der Waals surface area contributed by atoms with Gasteiger partial charge in [0.15, 0.2) is 5.71 Å². The van der Waals surface area contributed by atoms with Crippen LogP contribution in [0.2, 0.25) is 0 Å². The summed E-state index contributed by atoms with van der Waals surface area (Å²) in [5, 5.41) is 19.4. The Morgan fingerprint density at radius 2 is 1.40 bits per heavy atom. The smallest absolute Gasteiger partial charge is 0.744 e. The van der Waals surface area contributed by atoms with E-state index in [1.807, 2.05) is 58.0 Å². The predicted molar refractivity (Wildman–Crippen MR) is 188 cm³/mol. The molecule has 0 fully saturated rings. The molecular weight excluding hydrogens is 720 g/mol. The summed E-state index contributed by atoms with van der Waals surface area (Å²) in [6.45, 7) is 6.42. The van der Waals surface area contributed by atoms with Crippen LogP contribution in [0.25, 0.3) is 5.57 Å². The van der Waals surface area contributed by atoms with Crippen LogP contribution in [0.15, 0.2) is 119 Å². The van der Waals surface area contributed by atoms with Crippen LogP contribution in [-0.4, -0.2) is 71.5 Å². The van der Waals surface area contributed by atoms with Gasteiger partial charge >= 0.3 is 41.5 Å². The summed E-state index contributed by atoms with van der Waals surface area (Å²) in [4.78, 5) is 24.5. The molecular formula is C37H35N2NaO10S2. The topological polar surface area (TPSA) is 195 Å². The third-order valence-corrected chi connectivity index (χ3v) is 10.7. The van der Waals surface area contributed by atoms with E-state index >= 15 is 0 Å². The van der Waals surface area contributed by atoms with Crippen LogP contribution >= 0.6 is 0 Å². The first-order valence-corrected chi connectivity index (χ1v) is 18.4. The van der Waals surface area contributed by atoms with Gasteiger partial charge in [-0.1, -0.05) is 68.5 Å². The third-order valence-electron chi connectivity index (χ3n) is 9.06. The van der Waals surface area contributed by atoms with Crippen molar-refractivity contribution >= 4 is 54.8 Å². The van der Waals surface area contributed by atoms with Gasteiger partial charge in [-0.05, 0) is 67.0 Å². The normalized spacial score (nSPS) is 17.5. The summed E-state index contributed by atoms with van der Waals surface area (Å²) < 4.78 is 72.2. The molecule has 3 aromatic rings. The number of rotatable bonds is 11. The van der Waals surface area contributed by atoms with Gasteiger partial charge in [-0.2, -0.15) is 4.58 Å². The largest absolute Gasteiger partial charge is 1.00 e. The standard InChI is InChI=1S/C37H36N2O10S2.Na/c1-36(2)28-20-26(50(44,45)46)16-18-30(28)38(22-34(40)41)32(36)14-8-12-25(24-10-6-5-7-11-24)13-9-15-33-37(3,4)29-21-27(51(47,48)49)17-19-31(29)39(33)23-35(42)43;/h5-21H,22-23H2,1-4H3,(H3-,40,41,42,43,44,45,46,47,48,49);/q;+1/p-1. The van der Waals surface area contributed by atoms with E-state index in [-0.39, 0.29) is 29.6 Å². The van der Waals surface area contributed by atoms with Crippen LogP contribution in [0.1, 0.15) is 44.4 Å². The van der Waals surface area contributed by atoms with E-state index in [9.17, 15) is 45.7 Å². The molecule has 5 rings (SSSR count). The Labute approximate surface area is 324 Å². The summed E-state index contributed by atoms with van der Waals surface area (Å²) in [7, 11) is -9.50. The van der Waals surface area contributed by atoms with Crippen LogP contribution in [0, 0.1) is 0 Å². The molecule has 0 spiro atoms. The number of carboxylic acid groups (broad SMARTS) is 2.